The molecule has 5 heteroatoms. The second-order valence-corrected chi connectivity index (χ2v) is 3.01. The van der Waals surface area contributed by atoms with Crippen LogP contribution in [-0.4, -0.2) is 23.4 Å². The van der Waals surface area contributed by atoms with Crippen molar-refractivity contribution in [3.05, 3.63) is 23.3 Å². The number of piperidine rings is 1. The molecule has 1 heterocycles. The molecule has 0 saturated carbocycles. The molecule has 1 aliphatic heterocycles. The van der Waals surface area contributed by atoms with E-state index in [1.54, 1.807) is 0 Å². The van der Waals surface area contributed by atoms with Crippen molar-refractivity contribution in [3.63, 3.8) is 0 Å². The zero-order valence-corrected chi connectivity index (χ0v) is 6.99. The smallest absolute Gasteiger partial charge is 0.258 e. The average Bonchev–Trinajstić information content (AvgIpc) is 2.08. The van der Waals surface area contributed by atoms with Crippen LogP contribution in [0.3, 0.4) is 0 Å². The van der Waals surface area contributed by atoms with Crippen molar-refractivity contribution in [1.29, 1.82) is 0 Å². The summed E-state index contributed by atoms with van der Waals surface area (Å²) in [6.45, 7) is 0. The summed E-state index contributed by atoms with van der Waals surface area (Å²) in [6.07, 6.45) is 1.99. The molecule has 0 radical (unpaired) electrons. The van der Waals surface area contributed by atoms with Crippen LogP contribution in [0.5, 0.6) is 0 Å². The summed E-state index contributed by atoms with van der Waals surface area (Å²) in [4.78, 5) is 44.0. The predicted molar refractivity (Wildman–Crippen MR) is 43.9 cm³/mol. The highest BCUT2D eigenvalue weighted by Crippen LogP contribution is 2.22. The first kappa shape index (κ1) is 8.55. The van der Waals surface area contributed by atoms with E-state index in [1.807, 2.05) is 0 Å². The summed E-state index contributed by atoms with van der Waals surface area (Å²) in [6, 6.07) is 0. The molecule has 2 amide bonds. The Hall–Kier alpha value is -2.04. The maximum atomic E-state index is 11.2. The Morgan fingerprint density at radius 3 is 2.36 bits per heavy atom. The van der Waals surface area contributed by atoms with Gasteiger partial charge in [0.1, 0.15) is 0 Å². The van der Waals surface area contributed by atoms with Gasteiger partial charge in [-0.2, -0.15) is 0 Å². The monoisotopic (exact) mass is 191 g/mol. The van der Waals surface area contributed by atoms with Crippen LogP contribution in [0, 0.1) is 0 Å². The Balaban J connectivity index is 2.47. The molecule has 0 atom stereocenters. The highest BCUT2D eigenvalue weighted by Gasteiger charge is 2.30. The van der Waals surface area contributed by atoms with E-state index in [4.69, 9.17) is 0 Å². The fraction of sp³-hybridized carbons (Fsp3) is 0.111. The molecule has 1 aliphatic carbocycles. The highest BCUT2D eigenvalue weighted by atomic mass is 16.2. The van der Waals surface area contributed by atoms with Crippen molar-refractivity contribution in [2.45, 2.75) is 6.42 Å². The van der Waals surface area contributed by atoms with Crippen LogP contribution in [-0.2, 0) is 19.2 Å². The number of ketones is 2. The Morgan fingerprint density at radius 1 is 1.00 bits per heavy atom. The number of allylic oxidation sites excluding steroid dienone is 2. The fourth-order valence-corrected chi connectivity index (χ4v) is 1.37. The van der Waals surface area contributed by atoms with Gasteiger partial charge < -0.3 is 0 Å². The van der Waals surface area contributed by atoms with Crippen molar-refractivity contribution in [2.24, 2.45) is 0 Å². The SMILES string of the molecule is O=C1CC2=CC(=O)C(=O)C=C2C(=O)N1. The number of amides is 2. The molecule has 2 rings (SSSR count). The van der Waals surface area contributed by atoms with E-state index < -0.39 is 23.4 Å². The Kier molecular flexibility index (Phi) is 1.67. The van der Waals surface area contributed by atoms with Crippen LogP contribution in [0.1, 0.15) is 6.42 Å². The number of carbonyl (C=O) groups is 4. The van der Waals surface area contributed by atoms with Crippen LogP contribution in [0.25, 0.3) is 0 Å². The third kappa shape index (κ3) is 1.19. The van der Waals surface area contributed by atoms with Gasteiger partial charge >= 0.3 is 0 Å². The lowest BCUT2D eigenvalue weighted by molar-refractivity contribution is -0.132. The number of carbonyl (C=O) groups excluding carboxylic acids is 4. The zero-order chi connectivity index (χ0) is 10.3. The number of hydrogen-bond acceptors (Lipinski definition) is 4. The lowest BCUT2D eigenvalue weighted by atomic mass is 9.91. The molecule has 0 aromatic rings. The molecule has 0 bridgehead atoms. The molecular weight excluding hydrogens is 186 g/mol. The molecule has 0 spiro atoms. The quantitative estimate of drug-likeness (QED) is 0.303. The van der Waals surface area contributed by atoms with Crippen LogP contribution in [0.15, 0.2) is 23.3 Å². The first-order valence-electron chi connectivity index (χ1n) is 3.93. The van der Waals surface area contributed by atoms with E-state index in [2.05, 4.69) is 5.32 Å². The largest absolute Gasteiger partial charge is 0.292 e. The van der Waals surface area contributed by atoms with Gasteiger partial charge in [0.2, 0.25) is 17.5 Å². The number of imide groups is 1. The minimum absolute atomic E-state index is 0.0312. The first-order valence-corrected chi connectivity index (χ1v) is 3.93. The Morgan fingerprint density at radius 2 is 1.64 bits per heavy atom. The van der Waals surface area contributed by atoms with E-state index >= 15 is 0 Å². The summed E-state index contributed by atoms with van der Waals surface area (Å²) in [5, 5.41) is 2.06. The Bertz CT molecular complexity index is 442. The highest BCUT2D eigenvalue weighted by molar-refractivity contribution is 6.48. The van der Waals surface area contributed by atoms with Gasteiger partial charge in [-0.3, -0.25) is 24.5 Å². The predicted octanol–water partition coefficient (Wildman–Crippen LogP) is -0.963. The van der Waals surface area contributed by atoms with Crippen molar-refractivity contribution in [3.8, 4) is 0 Å². The topological polar surface area (TPSA) is 80.3 Å². The summed E-state index contributed by atoms with van der Waals surface area (Å²) >= 11 is 0. The van der Waals surface area contributed by atoms with Gasteiger partial charge in [0.05, 0.1) is 6.42 Å². The van der Waals surface area contributed by atoms with Gasteiger partial charge in [-0.1, -0.05) is 0 Å². The van der Waals surface area contributed by atoms with Crippen molar-refractivity contribution >= 4 is 23.4 Å². The number of rotatable bonds is 0. The minimum Gasteiger partial charge on any atom is -0.292 e. The molecule has 1 fully saturated rings. The minimum atomic E-state index is -0.728. The molecule has 1 saturated heterocycles. The second-order valence-electron chi connectivity index (χ2n) is 3.01. The van der Waals surface area contributed by atoms with Gasteiger partial charge in [0.25, 0.3) is 5.91 Å². The molecule has 5 nitrogen and oxygen atoms in total. The van der Waals surface area contributed by atoms with E-state index in [0.717, 1.165) is 12.2 Å². The first-order chi connectivity index (χ1) is 6.58. The van der Waals surface area contributed by atoms with Gasteiger partial charge in [-0.25, -0.2) is 0 Å². The van der Waals surface area contributed by atoms with Gasteiger partial charge in [-0.15, -0.1) is 0 Å². The summed E-state index contributed by atoms with van der Waals surface area (Å²) in [5.74, 6) is -2.49. The van der Waals surface area contributed by atoms with Crippen LogP contribution >= 0.6 is 0 Å². The van der Waals surface area contributed by atoms with Crippen LogP contribution in [0.4, 0.5) is 0 Å². The zero-order valence-electron chi connectivity index (χ0n) is 6.99. The van der Waals surface area contributed by atoms with Crippen LogP contribution < -0.4 is 5.32 Å². The molecule has 2 aliphatic rings. The van der Waals surface area contributed by atoms with E-state index in [0.29, 0.717) is 5.57 Å². The second kappa shape index (κ2) is 2.73. The van der Waals surface area contributed by atoms with Crippen LogP contribution in [0.2, 0.25) is 0 Å². The number of fused-ring (bicyclic) bond motifs is 1. The van der Waals surface area contributed by atoms with Crippen molar-refractivity contribution < 1.29 is 19.2 Å². The standard InChI is InChI=1S/C9H5NO4/c11-6-1-4-2-8(13)10-9(14)5(4)3-7(6)12/h1,3H,2H2,(H,10,13,14). The van der Waals surface area contributed by atoms with Gasteiger partial charge in [0, 0.05) is 11.6 Å². The summed E-state index contributed by atoms with van der Waals surface area (Å²) in [7, 11) is 0. The van der Waals surface area contributed by atoms with E-state index in [-0.39, 0.29) is 12.0 Å². The Labute approximate surface area is 78.5 Å². The molecule has 0 aromatic heterocycles. The summed E-state index contributed by atoms with van der Waals surface area (Å²) in [5.41, 5.74) is 0.442. The van der Waals surface area contributed by atoms with Crippen molar-refractivity contribution in [2.75, 3.05) is 0 Å². The molecule has 14 heavy (non-hydrogen) atoms. The molecule has 0 unspecified atom stereocenters. The lowest BCUT2D eigenvalue weighted by Gasteiger charge is -2.18. The third-order valence-electron chi connectivity index (χ3n) is 2.02. The average molecular weight is 191 g/mol. The van der Waals surface area contributed by atoms with E-state index in [1.165, 1.54) is 0 Å². The normalized spacial score (nSPS) is 21.1. The number of hydrogen-bond donors (Lipinski definition) is 1. The molecule has 0 aromatic carbocycles. The lowest BCUT2D eigenvalue weighted by Crippen LogP contribution is -2.39. The fourth-order valence-electron chi connectivity index (χ4n) is 1.37. The molecule has 70 valence electrons. The van der Waals surface area contributed by atoms with Gasteiger partial charge in [-0.05, 0) is 11.6 Å². The van der Waals surface area contributed by atoms with Gasteiger partial charge in [0.15, 0.2) is 0 Å². The van der Waals surface area contributed by atoms with E-state index in [9.17, 15) is 19.2 Å². The maximum absolute atomic E-state index is 11.2. The van der Waals surface area contributed by atoms with Crippen molar-refractivity contribution in [1.82, 2.24) is 5.32 Å². The summed E-state index contributed by atoms with van der Waals surface area (Å²) < 4.78 is 0. The molecule has 1 N–H and O–H groups in total. The molecular formula is C9H5NO4. The number of nitrogens with one attached hydrogen (secondary N) is 1. The third-order valence-corrected chi connectivity index (χ3v) is 2.02. The maximum Gasteiger partial charge on any atom is 0.258 e.